The van der Waals surface area contributed by atoms with Crippen LogP contribution in [0.2, 0.25) is 0 Å². The van der Waals surface area contributed by atoms with Gasteiger partial charge in [0.1, 0.15) is 18.1 Å². The van der Waals surface area contributed by atoms with E-state index in [1.54, 1.807) is 14.0 Å². The normalized spacial score (nSPS) is 30.4. The number of fused-ring (bicyclic) bond motifs is 1. The van der Waals surface area contributed by atoms with Crippen molar-refractivity contribution in [1.29, 1.82) is 0 Å². The minimum absolute atomic E-state index is 0.0679. The van der Waals surface area contributed by atoms with E-state index in [2.05, 4.69) is 4.99 Å². The molecule has 1 amide bonds. The van der Waals surface area contributed by atoms with Gasteiger partial charge in [-0.05, 0) is 25.3 Å². The van der Waals surface area contributed by atoms with Crippen molar-refractivity contribution in [3.63, 3.8) is 0 Å². The van der Waals surface area contributed by atoms with E-state index in [0.717, 1.165) is 11.4 Å². The quantitative estimate of drug-likeness (QED) is 0.644. The Kier molecular flexibility index (Phi) is 4.35. The maximum atomic E-state index is 12.2. The predicted octanol–water partition coefficient (Wildman–Crippen LogP) is -0.314. The van der Waals surface area contributed by atoms with E-state index < -0.39 is 18.0 Å². The monoisotopic (exact) mass is 337 g/mol. The number of β-lactam (4-membered cyclic amide) rings is 1. The highest BCUT2D eigenvalue weighted by Crippen LogP contribution is 2.45. The van der Waals surface area contributed by atoms with Gasteiger partial charge in [0.05, 0.1) is 30.7 Å². The van der Waals surface area contributed by atoms with Gasteiger partial charge in [-0.25, -0.2) is 4.79 Å². The van der Waals surface area contributed by atoms with Crippen molar-refractivity contribution in [2.24, 2.45) is 10.9 Å². The lowest BCUT2D eigenvalue weighted by atomic mass is 9.82. The Labute approximate surface area is 140 Å². The second-order valence-corrected chi connectivity index (χ2v) is 6.66. The molecule has 3 aliphatic heterocycles. The summed E-state index contributed by atoms with van der Waals surface area (Å²) in [5.41, 5.74) is 0.852. The molecule has 4 atom stereocenters. The molecule has 8 heteroatoms. The molecule has 1 saturated heterocycles. The standard InChI is InChI=1S/C16H23N3O5/c1-8(20)13-11-5-9(14(16(22)23)19(11)15(13)21)4-10-6-17-12(7-24-3)18(10)2/h8,10-11,13,20H,4-7H2,1-3H3,(H,22,23)/t8-,10+,11-,13-/m1/s1. The fraction of sp³-hybridized carbons (Fsp3) is 0.688. The van der Waals surface area contributed by atoms with E-state index in [1.165, 1.54) is 4.90 Å². The van der Waals surface area contributed by atoms with E-state index in [9.17, 15) is 19.8 Å². The van der Waals surface area contributed by atoms with Crippen LogP contribution in [0.4, 0.5) is 0 Å². The van der Waals surface area contributed by atoms with Gasteiger partial charge in [0.25, 0.3) is 0 Å². The largest absolute Gasteiger partial charge is 0.477 e. The molecule has 0 spiro atoms. The Morgan fingerprint density at radius 3 is 2.79 bits per heavy atom. The average molecular weight is 337 g/mol. The molecule has 3 heterocycles. The van der Waals surface area contributed by atoms with E-state index in [1.807, 2.05) is 11.9 Å². The molecular weight excluding hydrogens is 314 g/mol. The van der Waals surface area contributed by atoms with Gasteiger partial charge in [-0.3, -0.25) is 9.79 Å². The number of methoxy groups -OCH3 is 1. The van der Waals surface area contributed by atoms with E-state index >= 15 is 0 Å². The molecule has 0 aromatic carbocycles. The Hall–Kier alpha value is -1.93. The van der Waals surface area contributed by atoms with Crippen molar-refractivity contribution >= 4 is 17.7 Å². The highest BCUT2D eigenvalue weighted by molar-refractivity contribution is 5.99. The molecule has 0 bridgehead atoms. The van der Waals surface area contributed by atoms with Gasteiger partial charge < -0.3 is 24.7 Å². The van der Waals surface area contributed by atoms with Gasteiger partial charge in [0, 0.05) is 14.2 Å². The van der Waals surface area contributed by atoms with Gasteiger partial charge in [0.15, 0.2) is 0 Å². The van der Waals surface area contributed by atoms with Crippen molar-refractivity contribution in [2.45, 2.75) is 38.0 Å². The van der Waals surface area contributed by atoms with Crippen LogP contribution in [0.25, 0.3) is 0 Å². The number of ether oxygens (including phenoxy) is 1. The van der Waals surface area contributed by atoms with Gasteiger partial charge in [0.2, 0.25) is 5.91 Å². The lowest BCUT2D eigenvalue weighted by molar-refractivity contribution is -0.161. The second-order valence-electron chi connectivity index (χ2n) is 6.66. The molecule has 132 valence electrons. The molecule has 8 nitrogen and oxygen atoms in total. The summed E-state index contributed by atoms with van der Waals surface area (Å²) in [6.45, 7) is 2.59. The van der Waals surface area contributed by atoms with Crippen LogP contribution in [-0.2, 0) is 14.3 Å². The molecule has 24 heavy (non-hydrogen) atoms. The Balaban J connectivity index is 1.76. The van der Waals surface area contributed by atoms with Crippen LogP contribution >= 0.6 is 0 Å². The van der Waals surface area contributed by atoms with Crippen LogP contribution < -0.4 is 0 Å². The average Bonchev–Trinajstić information content (AvgIpc) is 3.00. The van der Waals surface area contributed by atoms with E-state index in [4.69, 9.17) is 4.74 Å². The first-order chi connectivity index (χ1) is 11.4. The van der Waals surface area contributed by atoms with Crippen molar-refractivity contribution in [3.8, 4) is 0 Å². The van der Waals surface area contributed by atoms with Gasteiger partial charge in [-0.15, -0.1) is 0 Å². The maximum Gasteiger partial charge on any atom is 0.352 e. The molecule has 0 unspecified atom stereocenters. The first kappa shape index (κ1) is 16.9. The molecule has 2 N–H and O–H groups in total. The van der Waals surface area contributed by atoms with E-state index in [0.29, 0.717) is 26.0 Å². The molecule has 0 aromatic heterocycles. The molecular formula is C16H23N3O5. The number of hydrogen-bond donors (Lipinski definition) is 2. The number of aliphatic imine (C=N–C) groups is 1. The lowest BCUT2D eigenvalue weighted by Crippen LogP contribution is -2.61. The number of rotatable bonds is 6. The summed E-state index contributed by atoms with van der Waals surface area (Å²) in [5.74, 6) is -1.03. The number of aliphatic hydroxyl groups is 1. The predicted molar refractivity (Wildman–Crippen MR) is 85.4 cm³/mol. The van der Waals surface area contributed by atoms with E-state index in [-0.39, 0.29) is 23.7 Å². The zero-order valence-electron chi connectivity index (χ0n) is 14.1. The zero-order valence-corrected chi connectivity index (χ0v) is 14.1. The number of hydrogen-bond acceptors (Lipinski definition) is 6. The minimum atomic E-state index is -1.08. The van der Waals surface area contributed by atoms with Crippen molar-refractivity contribution in [2.75, 3.05) is 27.3 Å². The summed E-state index contributed by atoms with van der Waals surface area (Å²) in [4.78, 5) is 31.7. The number of carbonyl (C=O) groups excluding carboxylic acids is 1. The van der Waals surface area contributed by atoms with Crippen LogP contribution in [0.5, 0.6) is 0 Å². The van der Waals surface area contributed by atoms with Crippen molar-refractivity contribution < 1.29 is 24.5 Å². The first-order valence-corrected chi connectivity index (χ1v) is 8.08. The minimum Gasteiger partial charge on any atom is -0.477 e. The summed E-state index contributed by atoms with van der Waals surface area (Å²) >= 11 is 0. The fourth-order valence-corrected chi connectivity index (χ4v) is 3.96. The molecule has 1 fully saturated rings. The third-order valence-corrected chi connectivity index (χ3v) is 5.22. The Morgan fingerprint density at radius 1 is 1.50 bits per heavy atom. The number of nitrogens with zero attached hydrogens (tertiary/aromatic N) is 3. The van der Waals surface area contributed by atoms with Crippen LogP contribution in [-0.4, -0.2) is 83.2 Å². The number of amidine groups is 1. The maximum absolute atomic E-state index is 12.2. The van der Waals surface area contributed by atoms with Gasteiger partial charge in [-0.1, -0.05) is 0 Å². The van der Waals surface area contributed by atoms with Gasteiger partial charge >= 0.3 is 5.97 Å². The molecule has 0 aliphatic carbocycles. The first-order valence-electron chi connectivity index (χ1n) is 8.08. The Bertz CT molecular complexity index is 627. The van der Waals surface area contributed by atoms with Crippen LogP contribution in [0.3, 0.4) is 0 Å². The summed E-state index contributed by atoms with van der Waals surface area (Å²) in [5, 5.41) is 19.3. The summed E-state index contributed by atoms with van der Waals surface area (Å²) < 4.78 is 5.11. The number of aliphatic carboxylic acids is 1. The molecule has 3 rings (SSSR count). The fourth-order valence-electron chi connectivity index (χ4n) is 3.96. The number of aliphatic hydroxyl groups excluding tert-OH is 1. The zero-order chi connectivity index (χ0) is 17.6. The van der Waals surface area contributed by atoms with Gasteiger partial charge in [-0.2, -0.15) is 0 Å². The molecule has 0 saturated carbocycles. The molecule has 0 radical (unpaired) electrons. The number of carboxylic acids is 1. The van der Waals surface area contributed by atoms with Crippen molar-refractivity contribution in [3.05, 3.63) is 11.3 Å². The Morgan fingerprint density at radius 2 is 2.21 bits per heavy atom. The third kappa shape index (κ3) is 2.50. The van der Waals surface area contributed by atoms with Crippen LogP contribution in [0.15, 0.2) is 16.3 Å². The van der Waals surface area contributed by atoms with Crippen LogP contribution in [0, 0.1) is 5.92 Å². The number of carboxylic acid groups (broad SMARTS) is 1. The summed E-state index contributed by atoms with van der Waals surface area (Å²) in [6.07, 6.45) is 0.285. The molecule has 0 aromatic rings. The molecule has 3 aliphatic rings. The SMILES string of the molecule is COCC1=NC[C@H](CC2=C(C(=O)O)N3C(=O)[C@H]([C@@H](C)O)[C@H]3C2)N1C. The summed E-state index contributed by atoms with van der Waals surface area (Å²) in [7, 11) is 3.53. The highest BCUT2D eigenvalue weighted by Gasteiger charge is 2.56. The smallest absolute Gasteiger partial charge is 0.352 e. The number of amides is 1. The number of likely N-dealkylation sites (N-methyl/N-ethyl adjacent to an activating group) is 1. The van der Waals surface area contributed by atoms with Crippen LogP contribution in [0.1, 0.15) is 19.8 Å². The van der Waals surface area contributed by atoms with Crippen molar-refractivity contribution in [1.82, 2.24) is 9.80 Å². The second kappa shape index (κ2) is 6.18. The third-order valence-electron chi connectivity index (χ3n) is 5.22. The number of carbonyl (C=O) groups is 2. The topological polar surface area (TPSA) is 103 Å². The summed E-state index contributed by atoms with van der Waals surface area (Å²) in [6, 6.07) is -0.164. The lowest BCUT2D eigenvalue weighted by Gasteiger charge is -2.44. The highest BCUT2D eigenvalue weighted by atomic mass is 16.5.